The third kappa shape index (κ3) is 3.13. The molecule has 80 valence electrons. The van der Waals surface area contributed by atoms with E-state index in [0.717, 1.165) is 5.56 Å². The first-order chi connectivity index (χ1) is 7.16. The molecule has 0 aromatic carbocycles. The molecular weight excluding hydrogens is 236 g/mol. The molecule has 0 aliphatic carbocycles. The molecule has 0 saturated heterocycles. The number of halogens is 1. The SMILES string of the molecule is Cc1csc(C(=O)NCCN=[N+]=[N-])c1Cl. The molecule has 1 heterocycles. The highest BCUT2D eigenvalue weighted by molar-refractivity contribution is 7.13. The van der Waals surface area contributed by atoms with E-state index in [2.05, 4.69) is 15.3 Å². The highest BCUT2D eigenvalue weighted by Crippen LogP contribution is 2.26. The molecule has 7 heteroatoms. The van der Waals surface area contributed by atoms with Crippen LogP contribution in [0.4, 0.5) is 0 Å². The number of carbonyl (C=O) groups is 1. The van der Waals surface area contributed by atoms with Crippen LogP contribution in [0.1, 0.15) is 15.2 Å². The maximum atomic E-state index is 11.5. The average molecular weight is 245 g/mol. The number of aryl methyl sites for hydroxylation is 1. The van der Waals surface area contributed by atoms with Crippen LogP contribution < -0.4 is 5.32 Å². The van der Waals surface area contributed by atoms with Gasteiger partial charge in [-0.05, 0) is 23.4 Å². The lowest BCUT2D eigenvalue weighted by atomic mass is 10.3. The van der Waals surface area contributed by atoms with Gasteiger partial charge in [0.1, 0.15) is 4.88 Å². The number of azide groups is 1. The van der Waals surface area contributed by atoms with Crippen molar-refractivity contribution in [3.63, 3.8) is 0 Å². The molecule has 0 fully saturated rings. The van der Waals surface area contributed by atoms with Crippen LogP contribution in [0, 0.1) is 6.92 Å². The smallest absolute Gasteiger partial charge is 0.262 e. The van der Waals surface area contributed by atoms with E-state index in [1.807, 2.05) is 12.3 Å². The Balaban J connectivity index is 2.54. The minimum absolute atomic E-state index is 0.230. The van der Waals surface area contributed by atoms with Gasteiger partial charge >= 0.3 is 0 Å². The van der Waals surface area contributed by atoms with Crippen LogP contribution in [0.15, 0.2) is 10.5 Å². The molecule has 0 atom stereocenters. The molecule has 0 aliphatic heterocycles. The van der Waals surface area contributed by atoms with Crippen LogP contribution in [0.25, 0.3) is 10.4 Å². The van der Waals surface area contributed by atoms with Crippen molar-refractivity contribution >= 4 is 28.8 Å². The zero-order valence-corrected chi connectivity index (χ0v) is 9.60. The summed E-state index contributed by atoms with van der Waals surface area (Å²) >= 11 is 7.21. The van der Waals surface area contributed by atoms with Crippen LogP contribution in [-0.2, 0) is 0 Å². The van der Waals surface area contributed by atoms with Gasteiger partial charge in [-0.25, -0.2) is 0 Å². The first-order valence-corrected chi connectivity index (χ1v) is 5.45. The first-order valence-electron chi connectivity index (χ1n) is 4.19. The van der Waals surface area contributed by atoms with Crippen molar-refractivity contribution in [2.24, 2.45) is 5.11 Å². The molecule has 0 aliphatic rings. The minimum Gasteiger partial charge on any atom is -0.351 e. The Hall–Kier alpha value is -1.23. The van der Waals surface area contributed by atoms with E-state index in [0.29, 0.717) is 16.4 Å². The van der Waals surface area contributed by atoms with Gasteiger partial charge in [0.2, 0.25) is 0 Å². The van der Waals surface area contributed by atoms with E-state index in [1.54, 1.807) is 0 Å². The second-order valence-electron chi connectivity index (χ2n) is 2.77. The second-order valence-corrected chi connectivity index (χ2v) is 4.03. The van der Waals surface area contributed by atoms with Crippen LogP contribution in [0.2, 0.25) is 5.02 Å². The Bertz CT molecular complexity index is 411. The zero-order chi connectivity index (χ0) is 11.3. The number of hydrogen-bond donors (Lipinski definition) is 1. The fourth-order valence-electron chi connectivity index (χ4n) is 0.927. The molecule has 1 aromatic heterocycles. The standard InChI is InChI=1S/C8H9ClN4OS/c1-5-4-15-7(6(5)9)8(14)11-2-3-12-13-10/h4H,2-3H2,1H3,(H,11,14). The lowest BCUT2D eigenvalue weighted by molar-refractivity contribution is 0.0959. The Kier molecular flexibility index (Phi) is 4.42. The van der Waals surface area contributed by atoms with Gasteiger partial charge in [-0.3, -0.25) is 4.79 Å². The zero-order valence-electron chi connectivity index (χ0n) is 8.03. The quantitative estimate of drug-likeness (QED) is 0.376. The maximum Gasteiger partial charge on any atom is 0.262 e. The van der Waals surface area contributed by atoms with Crippen molar-refractivity contribution in [2.45, 2.75) is 6.92 Å². The normalized spacial score (nSPS) is 9.47. The fourth-order valence-corrected chi connectivity index (χ4v) is 2.12. The molecule has 0 bridgehead atoms. The molecule has 1 aromatic rings. The highest BCUT2D eigenvalue weighted by atomic mass is 35.5. The number of thiophene rings is 1. The Morgan fingerprint density at radius 3 is 3.07 bits per heavy atom. The number of amides is 1. The lowest BCUT2D eigenvalue weighted by Crippen LogP contribution is -2.25. The van der Waals surface area contributed by atoms with Crippen LogP contribution >= 0.6 is 22.9 Å². The fraction of sp³-hybridized carbons (Fsp3) is 0.375. The van der Waals surface area contributed by atoms with Crippen LogP contribution in [0.5, 0.6) is 0 Å². The predicted molar refractivity (Wildman–Crippen MR) is 60.4 cm³/mol. The second kappa shape index (κ2) is 5.60. The first kappa shape index (κ1) is 11.8. The molecular formula is C8H9ClN4OS. The van der Waals surface area contributed by atoms with E-state index >= 15 is 0 Å². The molecule has 0 spiro atoms. The van der Waals surface area contributed by atoms with Crippen LogP contribution in [0.3, 0.4) is 0 Å². The number of nitrogens with one attached hydrogen (secondary N) is 1. The van der Waals surface area contributed by atoms with Crippen molar-refractivity contribution in [3.8, 4) is 0 Å². The predicted octanol–water partition coefficient (Wildman–Crippen LogP) is 2.75. The summed E-state index contributed by atoms with van der Waals surface area (Å²) < 4.78 is 0. The van der Waals surface area contributed by atoms with Crippen molar-refractivity contribution in [2.75, 3.05) is 13.1 Å². The number of nitrogens with zero attached hydrogens (tertiary/aromatic N) is 3. The lowest BCUT2D eigenvalue weighted by Gasteiger charge is -2.00. The Morgan fingerprint density at radius 1 is 1.80 bits per heavy atom. The summed E-state index contributed by atoms with van der Waals surface area (Å²) in [6.45, 7) is 2.40. The monoisotopic (exact) mass is 244 g/mol. The van der Waals surface area contributed by atoms with Crippen molar-refractivity contribution in [3.05, 3.63) is 31.3 Å². The van der Waals surface area contributed by atoms with Crippen molar-refractivity contribution in [1.82, 2.24) is 5.32 Å². The van der Waals surface area contributed by atoms with Gasteiger partial charge in [0.15, 0.2) is 0 Å². The summed E-state index contributed by atoms with van der Waals surface area (Å²) in [5.74, 6) is -0.230. The largest absolute Gasteiger partial charge is 0.351 e. The summed E-state index contributed by atoms with van der Waals surface area (Å²) in [4.78, 5) is 14.6. The number of rotatable bonds is 4. The number of hydrogen-bond acceptors (Lipinski definition) is 3. The summed E-state index contributed by atoms with van der Waals surface area (Å²) in [5, 5.41) is 8.22. The topological polar surface area (TPSA) is 77.9 Å². The molecule has 5 nitrogen and oxygen atoms in total. The molecule has 0 unspecified atom stereocenters. The van der Waals surface area contributed by atoms with Gasteiger partial charge in [-0.1, -0.05) is 16.7 Å². The Labute approximate surface area is 95.7 Å². The van der Waals surface area contributed by atoms with Crippen LogP contribution in [-0.4, -0.2) is 19.0 Å². The van der Waals surface area contributed by atoms with Gasteiger partial charge in [-0.2, -0.15) is 0 Å². The molecule has 1 rings (SSSR count). The molecule has 1 N–H and O–H groups in total. The van der Waals surface area contributed by atoms with Crippen molar-refractivity contribution in [1.29, 1.82) is 0 Å². The average Bonchev–Trinajstić information content (AvgIpc) is 2.55. The van der Waals surface area contributed by atoms with E-state index in [4.69, 9.17) is 17.1 Å². The molecule has 15 heavy (non-hydrogen) atoms. The summed E-state index contributed by atoms with van der Waals surface area (Å²) in [6, 6.07) is 0. The van der Waals surface area contributed by atoms with E-state index in [-0.39, 0.29) is 12.5 Å². The van der Waals surface area contributed by atoms with Gasteiger partial charge in [0.25, 0.3) is 5.91 Å². The summed E-state index contributed by atoms with van der Waals surface area (Å²) in [7, 11) is 0. The van der Waals surface area contributed by atoms with Gasteiger partial charge in [0, 0.05) is 18.0 Å². The molecule has 1 amide bonds. The third-order valence-corrected chi connectivity index (χ3v) is 3.36. The molecule has 0 saturated carbocycles. The number of carbonyl (C=O) groups excluding carboxylic acids is 1. The summed E-state index contributed by atoms with van der Waals surface area (Å²) in [5.41, 5.74) is 8.91. The van der Waals surface area contributed by atoms with E-state index < -0.39 is 0 Å². The maximum absolute atomic E-state index is 11.5. The van der Waals surface area contributed by atoms with E-state index in [1.165, 1.54) is 11.3 Å². The highest BCUT2D eigenvalue weighted by Gasteiger charge is 2.13. The van der Waals surface area contributed by atoms with Gasteiger partial charge in [-0.15, -0.1) is 11.3 Å². The summed E-state index contributed by atoms with van der Waals surface area (Å²) in [6.07, 6.45) is 0. The minimum atomic E-state index is -0.230. The van der Waals surface area contributed by atoms with Crippen molar-refractivity contribution < 1.29 is 4.79 Å². The van der Waals surface area contributed by atoms with E-state index in [9.17, 15) is 4.79 Å². The van der Waals surface area contributed by atoms with Gasteiger partial charge in [0.05, 0.1) is 5.02 Å². The Morgan fingerprint density at radius 2 is 2.53 bits per heavy atom. The molecule has 0 radical (unpaired) electrons. The third-order valence-electron chi connectivity index (χ3n) is 1.67. The van der Waals surface area contributed by atoms with Gasteiger partial charge < -0.3 is 5.32 Å².